The van der Waals surface area contributed by atoms with E-state index >= 15 is 0 Å². The maximum absolute atomic E-state index is 4.56. The minimum atomic E-state index is 0.717. The van der Waals surface area contributed by atoms with Crippen LogP contribution in [-0.2, 0) is 20.1 Å². The molecule has 0 aliphatic rings. The van der Waals surface area contributed by atoms with Crippen LogP contribution in [0, 0.1) is 6.92 Å². The molecule has 1 aromatic carbocycles. The molecule has 0 spiro atoms. The van der Waals surface area contributed by atoms with Gasteiger partial charge in [-0.15, -0.1) is 0 Å². The van der Waals surface area contributed by atoms with Gasteiger partial charge >= 0.3 is 0 Å². The molecule has 5 heteroatoms. The van der Waals surface area contributed by atoms with E-state index in [1.807, 2.05) is 36.9 Å². The Bertz CT molecular complexity index is 732. The van der Waals surface area contributed by atoms with Crippen molar-refractivity contribution in [2.24, 2.45) is 7.05 Å². The van der Waals surface area contributed by atoms with Gasteiger partial charge < -0.3 is 5.32 Å². The van der Waals surface area contributed by atoms with Gasteiger partial charge in [-0.2, -0.15) is 5.10 Å². The molecule has 0 fully saturated rings. The fourth-order valence-corrected chi connectivity index (χ4v) is 2.33. The van der Waals surface area contributed by atoms with Crippen molar-refractivity contribution in [2.75, 3.05) is 0 Å². The van der Waals surface area contributed by atoms with Crippen LogP contribution in [0.15, 0.2) is 36.5 Å². The van der Waals surface area contributed by atoms with E-state index in [4.69, 9.17) is 0 Å². The fourth-order valence-electron chi connectivity index (χ4n) is 2.33. The molecule has 0 saturated carbocycles. The molecule has 0 aliphatic heterocycles. The number of rotatable bonds is 4. The average molecular weight is 267 g/mol. The second-order valence-corrected chi connectivity index (χ2v) is 4.79. The summed E-state index contributed by atoms with van der Waals surface area (Å²) in [6.07, 6.45) is 1.79. The van der Waals surface area contributed by atoms with Crippen molar-refractivity contribution in [1.29, 1.82) is 0 Å². The molecule has 0 saturated heterocycles. The monoisotopic (exact) mass is 267 g/mol. The SMILES string of the molecule is Cc1nccc(CNCc2nn(C)c3ccccc23)n1. The molecule has 0 aliphatic carbocycles. The van der Waals surface area contributed by atoms with Gasteiger partial charge in [0.1, 0.15) is 5.82 Å². The third kappa shape index (κ3) is 2.53. The summed E-state index contributed by atoms with van der Waals surface area (Å²) in [6.45, 7) is 3.34. The summed E-state index contributed by atoms with van der Waals surface area (Å²) >= 11 is 0. The van der Waals surface area contributed by atoms with Crippen LogP contribution in [0.3, 0.4) is 0 Å². The largest absolute Gasteiger partial charge is 0.305 e. The smallest absolute Gasteiger partial charge is 0.125 e. The topological polar surface area (TPSA) is 55.6 Å². The minimum Gasteiger partial charge on any atom is -0.305 e. The van der Waals surface area contributed by atoms with Crippen LogP contribution in [0.1, 0.15) is 17.2 Å². The van der Waals surface area contributed by atoms with Gasteiger partial charge in [0, 0.05) is 31.7 Å². The quantitative estimate of drug-likeness (QED) is 0.785. The van der Waals surface area contributed by atoms with Crippen LogP contribution in [0.2, 0.25) is 0 Å². The predicted octanol–water partition coefficient (Wildman–Crippen LogP) is 1.96. The van der Waals surface area contributed by atoms with Crippen molar-refractivity contribution in [3.05, 3.63) is 53.7 Å². The average Bonchev–Trinajstić information content (AvgIpc) is 2.77. The number of benzene rings is 1. The summed E-state index contributed by atoms with van der Waals surface area (Å²) in [4.78, 5) is 8.47. The van der Waals surface area contributed by atoms with E-state index in [1.165, 1.54) is 5.39 Å². The van der Waals surface area contributed by atoms with E-state index in [9.17, 15) is 0 Å². The van der Waals surface area contributed by atoms with Crippen molar-refractivity contribution >= 4 is 10.9 Å². The number of aryl methyl sites for hydroxylation is 2. The third-order valence-electron chi connectivity index (χ3n) is 3.27. The number of nitrogens with zero attached hydrogens (tertiary/aromatic N) is 4. The number of para-hydroxylation sites is 1. The molecule has 3 rings (SSSR count). The molecule has 102 valence electrons. The molecular formula is C15H17N5. The molecule has 1 N–H and O–H groups in total. The Morgan fingerprint density at radius 3 is 2.85 bits per heavy atom. The molecule has 20 heavy (non-hydrogen) atoms. The summed E-state index contributed by atoms with van der Waals surface area (Å²) in [5.74, 6) is 0.799. The van der Waals surface area contributed by atoms with Gasteiger partial charge in [-0.3, -0.25) is 4.68 Å². The van der Waals surface area contributed by atoms with E-state index in [-0.39, 0.29) is 0 Å². The number of hydrogen-bond donors (Lipinski definition) is 1. The molecule has 0 bridgehead atoms. The second kappa shape index (κ2) is 5.38. The molecule has 0 radical (unpaired) electrons. The number of fused-ring (bicyclic) bond motifs is 1. The van der Waals surface area contributed by atoms with Crippen LogP contribution < -0.4 is 5.32 Å². The number of nitrogens with one attached hydrogen (secondary N) is 1. The van der Waals surface area contributed by atoms with Crippen LogP contribution in [0.5, 0.6) is 0 Å². The zero-order valence-electron chi connectivity index (χ0n) is 11.7. The zero-order chi connectivity index (χ0) is 13.9. The number of hydrogen-bond acceptors (Lipinski definition) is 4. The van der Waals surface area contributed by atoms with Crippen molar-refractivity contribution in [3.63, 3.8) is 0 Å². The Morgan fingerprint density at radius 2 is 2.00 bits per heavy atom. The summed E-state index contributed by atoms with van der Waals surface area (Å²) in [5.41, 5.74) is 3.22. The predicted molar refractivity (Wildman–Crippen MR) is 78.0 cm³/mol. The van der Waals surface area contributed by atoms with E-state index in [2.05, 4.69) is 32.5 Å². The molecule has 2 aromatic heterocycles. The van der Waals surface area contributed by atoms with Gasteiger partial charge in [0.05, 0.1) is 16.9 Å². The Balaban J connectivity index is 1.71. The molecule has 2 heterocycles. The van der Waals surface area contributed by atoms with E-state index in [1.54, 1.807) is 6.20 Å². The van der Waals surface area contributed by atoms with Crippen LogP contribution in [0.4, 0.5) is 0 Å². The molecule has 0 amide bonds. The van der Waals surface area contributed by atoms with Crippen molar-refractivity contribution in [2.45, 2.75) is 20.0 Å². The highest BCUT2D eigenvalue weighted by molar-refractivity contribution is 5.81. The van der Waals surface area contributed by atoms with Gasteiger partial charge in [-0.1, -0.05) is 18.2 Å². The zero-order valence-corrected chi connectivity index (χ0v) is 11.7. The van der Waals surface area contributed by atoms with Crippen LogP contribution in [-0.4, -0.2) is 19.7 Å². The molecular weight excluding hydrogens is 250 g/mol. The Hall–Kier alpha value is -2.27. The summed E-state index contributed by atoms with van der Waals surface area (Å²) < 4.78 is 1.92. The van der Waals surface area contributed by atoms with Crippen molar-refractivity contribution in [3.8, 4) is 0 Å². The maximum atomic E-state index is 4.56. The molecule has 3 aromatic rings. The lowest BCUT2D eigenvalue weighted by molar-refractivity contribution is 0.649. The Labute approximate surface area is 117 Å². The standard InChI is InChI=1S/C15H17N5/c1-11-17-8-7-12(18-11)9-16-10-14-13-5-3-4-6-15(13)20(2)19-14/h3-8,16H,9-10H2,1-2H3. The second-order valence-electron chi connectivity index (χ2n) is 4.79. The van der Waals surface area contributed by atoms with E-state index in [0.717, 1.165) is 29.3 Å². The highest BCUT2D eigenvalue weighted by atomic mass is 15.3. The van der Waals surface area contributed by atoms with Gasteiger partial charge in [-0.25, -0.2) is 9.97 Å². The first-order valence-electron chi connectivity index (χ1n) is 6.64. The van der Waals surface area contributed by atoms with Crippen LogP contribution in [0.25, 0.3) is 10.9 Å². The normalized spacial score (nSPS) is 11.1. The maximum Gasteiger partial charge on any atom is 0.125 e. The first-order valence-corrected chi connectivity index (χ1v) is 6.64. The van der Waals surface area contributed by atoms with Gasteiger partial charge in [-0.05, 0) is 19.1 Å². The summed E-state index contributed by atoms with van der Waals surface area (Å²) in [5, 5.41) is 9.14. The Kier molecular flexibility index (Phi) is 3.43. The van der Waals surface area contributed by atoms with Crippen molar-refractivity contribution < 1.29 is 0 Å². The molecule has 5 nitrogen and oxygen atoms in total. The van der Waals surface area contributed by atoms with Gasteiger partial charge in [0.15, 0.2) is 0 Å². The summed E-state index contributed by atoms with van der Waals surface area (Å²) in [6, 6.07) is 10.2. The van der Waals surface area contributed by atoms with Crippen LogP contribution >= 0.6 is 0 Å². The highest BCUT2D eigenvalue weighted by Gasteiger charge is 2.07. The van der Waals surface area contributed by atoms with Gasteiger partial charge in [0.2, 0.25) is 0 Å². The fraction of sp³-hybridized carbons (Fsp3) is 0.267. The first-order chi connectivity index (χ1) is 9.74. The highest BCUT2D eigenvalue weighted by Crippen LogP contribution is 2.17. The Morgan fingerprint density at radius 1 is 1.15 bits per heavy atom. The summed E-state index contributed by atoms with van der Waals surface area (Å²) in [7, 11) is 1.97. The third-order valence-corrected chi connectivity index (χ3v) is 3.27. The van der Waals surface area contributed by atoms with Gasteiger partial charge in [0.25, 0.3) is 0 Å². The number of aromatic nitrogens is 4. The lowest BCUT2D eigenvalue weighted by Crippen LogP contribution is -2.14. The lowest BCUT2D eigenvalue weighted by atomic mass is 10.2. The minimum absolute atomic E-state index is 0.717. The lowest BCUT2D eigenvalue weighted by Gasteiger charge is -2.03. The van der Waals surface area contributed by atoms with E-state index in [0.29, 0.717) is 6.54 Å². The first kappa shape index (κ1) is 12.7. The molecule has 0 atom stereocenters. The van der Waals surface area contributed by atoms with Crippen molar-refractivity contribution in [1.82, 2.24) is 25.1 Å². The molecule has 0 unspecified atom stereocenters. The van der Waals surface area contributed by atoms with E-state index < -0.39 is 0 Å².